The lowest BCUT2D eigenvalue weighted by Crippen LogP contribution is -2.15. The van der Waals surface area contributed by atoms with E-state index >= 15 is 0 Å². The van der Waals surface area contributed by atoms with Crippen molar-refractivity contribution in [2.75, 3.05) is 18.9 Å². The first-order chi connectivity index (χ1) is 13.3. The van der Waals surface area contributed by atoms with Crippen LogP contribution in [0, 0.1) is 0 Å². The highest BCUT2D eigenvalue weighted by molar-refractivity contribution is 7.17. The van der Waals surface area contributed by atoms with Gasteiger partial charge in [0.25, 0.3) is 0 Å². The fourth-order valence-corrected chi connectivity index (χ4v) is 3.74. The molecule has 27 heavy (non-hydrogen) atoms. The number of nitrogens with zero attached hydrogens (tertiary/aromatic N) is 3. The van der Waals surface area contributed by atoms with Crippen molar-refractivity contribution >= 4 is 27.4 Å². The van der Waals surface area contributed by atoms with Crippen molar-refractivity contribution in [3.63, 3.8) is 0 Å². The van der Waals surface area contributed by atoms with Crippen molar-refractivity contribution in [2.45, 2.75) is 0 Å². The predicted octanol–water partition coefficient (Wildman–Crippen LogP) is 4.57. The van der Waals surface area contributed by atoms with Gasteiger partial charge in [-0.15, -0.1) is 11.3 Å². The first-order valence-corrected chi connectivity index (χ1v) is 9.49. The average molecular weight is 373 g/mol. The van der Waals surface area contributed by atoms with E-state index in [0.29, 0.717) is 12.4 Å². The molecule has 3 aromatic heterocycles. The second kappa shape index (κ2) is 7.55. The molecule has 0 fully saturated rings. The summed E-state index contributed by atoms with van der Waals surface area (Å²) in [5, 5.41) is 9.63. The van der Waals surface area contributed by atoms with Crippen LogP contribution in [0.5, 0.6) is 0 Å². The normalized spacial score (nSPS) is 10.7. The van der Waals surface area contributed by atoms with Crippen LogP contribution in [-0.4, -0.2) is 28.5 Å². The lowest BCUT2D eigenvalue weighted by atomic mass is 10.1. The van der Waals surface area contributed by atoms with E-state index in [-0.39, 0.29) is 0 Å². The molecule has 0 saturated carbocycles. The molecule has 0 unspecified atom stereocenters. The summed E-state index contributed by atoms with van der Waals surface area (Å²) in [5.41, 5.74) is 3.91. The van der Waals surface area contributed by atoms with Gasteiger partial charge in [-0.3, -0.25) is 4.98 Å². The molecule has 0 spiro atoms. The van der Waals surface area contributed by atoms with Gasteiger partial charge in [-0.05, 0) is 17.7 Å². The Morgan fingerprint density at radius 3 is 2.63 bits per heavy atom. The van der Waals surface area contributed by atoms with E-state index < -0.39 is 0 Å². The Morgan fingerprint density at radius 2 is 1.89 bits per heavy atom. The molecule has 0 atom stereocenters. The zero-order chi connectivity index (χ0) is 18.6. The second-order valence-corrected chi connectivity index (χ2v) is 6.87. The molecule has 5 nitrogen and oxygen atoms in total. The maximum Gasteiger partial charge on any atom is 0.181 e. The van der Waals surface area contributed by atoms with Crippen LogP contribution in [0.15, 0.2) is 72.4 Å². The van der Waals surface area contributed by atoms with Crippen LogP contribution in [0.25, 0.3) is 32.9 Å². The minimum Gasteiger partial charge on any atom is -0.390 e. The second-order valence-electron chi connectivity index (χ2n) is 6.01. The van der Waals surface area contributed by atoms with Crippen LogP contribution >= 0.6 is 11.3 Å². The van der Waals surface area contributed by atoms with E-state index in [4.69, 9.17) is 9.97 Å². The minimum absolute atomic E-state index is 0.578. The highest BCUT2D eigenvalue weighted by Crippen LogP contribution is 2.37. The summed E-state index contributed by atoms with van der Waals surface area (Å²) < 4.78 is 0. The van der Waals surface area contributed by atoms with Gasteiger partial charge in [0, 0.05) is 29.9 Å². The number of hydrogen-bond donors (Lipinski definition) is 2. The predicted molar refractivity (Wildman–Crippen MR) is 113 cm³/mol. The van der Waals surface area contributed by atoms with Gasteiger partial charge >= 0.3 is 0 Å². The van der Waals surface area contributed by atoms with Crippen LogP contribution < -0.4 is 10.6 Å². The number of fused-ring (bicyclic) bond motifs is 1. The molecule has 4 aromatic rings. The Labute approximate surface area is 161 Å². The minimum atomic E-state index is 0.578. The summed E-state index contributed by atoms with van der Waals surface area (Å²) in [6.07, 6.45) is 1.75. The Morgan fingerprint density at radius 1 is 1.07 bits per heavy atom. The molecule has 0 aliphatic rings. The summed E-state index contributed by atoms with van der Waals surface area (Å²) in [6.45, 7) is 4.57. The fraction of sp³-hybridized carbons (Fsp3) is 0.0952. The zero-order valence-electron chi connectivity index (χ0n) is 14.9. The quantitative estimate of drug-likeness (QED) is 0.518. The molecule has 0 saturated heterocycles. The maximum absolute atomic E-state index is 4.79. The van der Waals surface area contributed by atoms with Crippen LogP contribution in [0.1, 0.15) is 0 Å². The maximum atomic E-state index is 4.79. The molecule has 134 valence electrons. The lowest BCUT2D eigenvalue weighted by molar-refractivity contribution is 0.954. The lowest BCUT2D eigenvalue weighted by Gasteiger charge is -2.12. The number of aromatic nitrogens is 3. The number of thiophene rings is 1. The molecule has 6 heteroatoms. The van der Waals surface area contributed by atoms with Gasteiger partial charge in [-0.25, -0.2) is 9.97 Å². The molecule has 0 aliphatic heterocycles. The van der Waals surface area contributed by atoms with Gasteiger partial charge in [0.05, 0.1) is 11.9 Å². The molecule has 0 amide bonds. The number of benzene rings is 1. The average Bonchev–Trinajstić information content (AvgIpc) is 3.17. The Bertz CT molecular complexity index is 1070. The number of anilines is 1. The van der Waals surface area contributed by atoms with Gasteiger partial charge in [0.15, 0.2) is 5.82 Å². The standard InChI is InChI=1S/C21H19N5S/c1-14(22-2)12-24-20-18-16(15-8-4-3-5-9-15)13-27-21(18)26-19(25-20)17-10-6-7-11-23-17/h3-11,13,22H,1,12H2,2H3,(H,24,25,26). The van der Waals surface area contributed by atoms with E-state index in [2.05, 4.69) is 39.7 Å². The Hall–Kier alpha value is -3.25. The van der Waals surface area contributed by atoms with E-state index in [1.165, 1.54) is 0 Å². The van der Waals surface area contributed by atoms with Gasteiger partial charge in [0.2, 0.25) is 0 Å². The third-order valence-electron chi connectivity index (χ3n) is 4.24. The molecule has 4 rings (SSSR count). The molecule has 3 heterocycles. The van der Waals surface area contributed by atoms with Crippen molar-refractivity contribution in [3.05, 3.63) is 72.4 Å². The highest BCUT2D eigenvalue weighted by atomic mass is 32.1. The van der Waals surface area contributed by atoms with Crippen molar-refractivity contribution in [3.8, 4) is 22.6 Å². The molecule has 0 aliphatic carbocycles. The number of hydrogen-bond acceptors (Lipinski definition) is 6. The van der Waals surface area contributed by atoms with Gasteiger partial charge in [-0.2, -0.15) is 0 Å². The van der Waals surface area contributed by atoms with Crippen molar-refractivity contribution < 1.29 is 0 Å². The molecular formula is C21H19N5S. The van der Waals surface area contributed by atoms with E-state index in [0.717, 1.165) is 38.6 Å². The van der Waals surface area contributed by atoms with Crippen LogP contribution in [0.2, 0.25) is 0 Å². The number of rotatable bonds is 6. The summed E-state index contributed by atoms with van der Waals surface area (Å²) in [6, 6.07) is 16.0. The zero-order valence-corrected chi connectivity index (χ0v) is 15.8. The largest absolute Gasteiger partial charge is 0.390 e. The summed E-state index contributed by atoms with van der Waals surface area (Å²) in [5.74, 6) is 1.40. The Balaban J connectivity index is 1.87. The summed E-state index contributed by atoms with van der Waals surface area (Å²) >= 11 is 1.61. The molecule has 0 radical (unpaired) electrons. The third-order valence-corrected chi connectivity index (χ3v) is 5.11. The summed E-state index contributed by atoms with van der Waals surface area (Å²) in [7, 11) is 1.86. The third kappa shape index (κ3) is 3.52. The molecule has 0 bridgehead atoms. The van der Waals surface area contributed by atoms with E-state index in [1.54, 1.807) is 17.5 Å². The van der Waals surface area contributed by atoms with Crippen molar-refractivity contribution in [1.82, 2.24) is 20.3 Å². The van der Waals surface area contributed by atoms with Crippen molar-refractivity contribution in [1.29, 1.82) is 0 Å². The molecular weight excluding hydrogens is 354 g/mol. The van der Waals surface area contributed by atoms with Crippen molar-refractivity contribution in [2.24, 2.45) is 0 Å². The SMILES string of the molecule is C=C(CNc1nc(-c2ccccn2)nc2scc(-c3ccccc3)c12)NC. The van der Waals surface area contributed by atoms with Gasteiger partial charge < -0.3 is 10.6 Å². The first-order valence-electron chi connectivity index (χ1n) is 8.61. The number of nitrogens with one attached hydrogen (secondary N) is 2. The van der Waals surface area contributed by atoms with Crippen LogP contribution in [0.3, 0.4) is 0 Å². The fourth-order valence-electron chi connectivity index (χ4n) is 2.79. The van der Waals surface area contributed by atoms with Gasteiger partial charge in [-0.1, -0.05) is 43.0 Å². The highest BCUT2D eigenvalue weighted by Gasteiger charge is 2.16. The summed E-state index contributed by atoms with van der Waals surface area (Å²) in [4.78, 5) is 14.9. The number of likely N-dealkylation sites (N-methyl/N-ethyl adjacent to an activating group) is 1. The number of pyridine rings is 1. The monoisotopic (exact) mass is 373 g/mol. The molecule has 2 N–H and O–H groups in total. The topological polar surface area (TPSA) is 62.7 Å². The first kappa shape index (κ1) is 17.2. The van der Waals surface area contributed by atoms with E-state index in [1.807, 2.05) is 43.4 Å². The van der Waals surface area contributed by atoms with E-state index in [9.17, 15) is 0 Å². The molecule has 1 aromatic carbocycles. The van der Waals surface area contributed by atoms with Gasteiger partial charge in [0.1, 0.15) is 16.3 Å². The Kier molecular flexibility index (Phi) is 4.80. The van der Waals surface area contributed by atoms with Crippen LogP contribution in [-0.2, 0) is 0 Å². The smallest absolute Gasteiger partial charge is 0.181 e. The van der Waals surface area contributed by atoms with Crippen LogP contribution in [0.4, 0.5) is 5.82 Å².